The third-order valence-electron chi connectivity index (χ3n) is 3.25. The SMILES string of the molecule is Cc1nc(COc2ccc(CCC(C)N)cc2)sc1C. The quantitative estimate of drug-likeness (QED) is 0.884. The molecule has 0 saturated carbocycles. The topological polar surface area (TPSA) is 48.1 Å². The number of aromatic nitrogens is 1. The summed E-state index contributed by atoms with van der Waals surface area (Å²) >= 11 is 1.70. The largest absolute Gasteiger partial charge is 0.486 e. The Hall–Kier alpha value is -1.39. The highest BCUT2D eigenvalue weighted by Gasteiger charge is 2.04. The Morgan fingerprint density at radius 1 is 1.25 bits per heavy atom. The molecule has 2 rings (SSSR count). The molecule has 0 radical (unpaired) electrons. The zero-order chi connectivity index (χ0) is 14.5. The molecule has 0 aliphatic carbocycles. The van der Waals surface area contributed by atoms with Gasteiger partial charge in [-0.1, -0.05) is 12.1 Å². The van der Waals surface area contributed by atoms with E-state index in [4.69, 9.17) is 10.5 Å². The lowest BCUT2D eigenvalue weighted by Crippen LogP contribution is -2.15. The minimum Gasteiger partial charge on any atom is -0.486 e. The molecule has 0 bridgehead atoms. The van der Waals surface area contributed by atoms with Crippen LogP contribution in [0.5, 0.6) is 5.75 Å². The molecular formula is C16H22N2OS. The second kappa shape index (κ2) is 6.86. The van der Waals surface area contributed by atoms with Crippen LogP contribution in [-0.4, -0.2) is 11.0 Å². The van der Waals surface area contributed by atoms with Gasteiger partial charge in [0.25, 0.3) is 0 Å². The predicted molar refractivity (Wildman–Crippen MR) is 84.3 cm³/mol. The Morgan fingerprint density at radius 3 is 2.50 bits per heavy atom. The van der Waals surface area contributed by atoms with E-state index in [-0.39, 0.29) is 6.04 Å². The first kappa shape index (κ1) is 15.0. The first-order valence-electron chi connectivity index (χ1n) is 6.95. The third-order valence-corrected chi connectivity index (χ3v) is 4.29. The average Bonchev–Trinajstić information content (AvgIpc) is 2.74. The van der Waals surface area contributed by atoms with Crippen LogP contribution in [0.1, 0.15) is 34.5 Å². The minimum atomic E-state index is 0.252. The molecule has 0 amide bonds. The molecule has 3 nitrogen and oxygen atoms in total. The molecule has 1 atom stereocenters. The summed E-state index contributed by atoms with van der Waals surface area (Å²) in [5.74, 6) is 0.889. The van der Waals surface area contributed by atoms with E-state index in [0.717, 1.165) is 29.3 Å². The van der Waals surface area contributed by atoms with E-state index in [1.54, 1.807) is 11.3 Å². The zero-order valence-corrected chi connectivity index (χ0v) is 13.2. The van der Waals surface area contributed by atoms with E-state index in [0.29, 0.717) is 6.61 Å². The van der Waals surface area contributed by atoms with Crippen LogP contribution >= 0.6 is 11.3 Å². The molecular weight excluding hydrogens is 268 g/mol. The maximum absolute atomic E-state index is 5.77. The Balaban J connectivity index is 1.87. The van der Waals surface area contributed by atoms with E-state index < -0.39 is 0 Å². The Labute approximate surface area is 124 Å². The smallest absolute Gasteiger partial charge is 0.140 e. The molecule has 1 aromatic heterocycles. The van der Waals surface area contributed by atoms with Crippen molar-refractivity contribution in [3.8, 4) is 5.75 Å². The summed E-state index contributed by atoms with van der Waals surface area (Å²) in [5, 5.41) is 1.03. The van der Waals surface area contributed by atoms with E-state index >= 15 is 0 Å². The lowest BCUT2D eigenvalue weighted by atomic mass is 10.1. The highest BCUT2D eigenvalue weighted by Crippen LogP contribution is 2.19. The van der Waals surface area contributed by atoms with Crippen molar-refractivity contribution in [3.05, 3.63) is 45.4 Å². The van der Waals surface area contributed by atoms with Crippen molar-refractivity contribution in [3.63, 3.8) is 0 Å². The number of thiazole rings is 1. The number of rotatable bonds is 6. The fraction of sp³-hybridized carbons (Fsp3) is 0.438. The van der Waals surface area contributed by atoms with Crippen LogP contribution < -0.4 is 10.5 Å². The molecule has 1 aromatic carbocycles. The van der Waals surface area contributed by atoms with Crippen LogP contribution in [0, 0.1) is 13.8 Å². The van der Waals surface area contributed by atoms with Crippen LogP contribution in [0.4, 0.5) is 0 Å². The van der Waals surface area contributed by atoms with Gasteiger partial charge in [-0.05, 0) is 51.3 Å². The second-order valence-electron chi connectivity index (χ2n) is 5.20. The van der Waals surface area contributed by atoms with E-state index in [1.807, 2.05) is 26.0 Å². The van der Waals surface area contributed by atoms with Crippen molar-refractivity contribution in [2.45, 2.75) is 46.3 Å². The summed E-state index contributed by atoms with van der Waals surface area (Å²) in [7, 11) is 0. The van der Waals surface area contributed by atoms with Crippen LogP contribution in [0.15, 0.2) is 24.3 Å². The maximum Gasteiger partial charge on any atom is 0.140 e. The number of benzene rings is 1. The fourth-order valence-corrected chi connectivity index (χ4v) is 2.74. The van der Waals surface area contributed by atoms with Gasteiger partial charge in [-0.25, -0.2) is 4.98 Å². The highest BCUT2D eigenvalue weighted by atomic mass is 32.1. The first-order valence-corrected chi connectivity index (χ1v) is 7.76. The zero-order valence-electron chi connectivity index (χ0n) is 12.3. The van der Waals surface area contributed by atoms with Gasteiger partial charge in [0, 0.05) is 10.9 Å². The molecule has 0 aliphatic rings. The summed E-state index contributed by atoms with van der Waals surface area (Å²) in [4.78, 5) is 5.73. The summed E-state index contributed by atoms with van der Waals surface area (Å²) in [5.41, 5.74) is 8.16. The van der Waals surface area contributed by atoms with Crippen LogP contribution in [0.25, 0.3) is 0 Å². The van der Waals surface area contributed by atoms with Gasteiger partial charge >= 0.3 is 0 Å². The normalized spacial score (nSPS) is 12.4. The average molecular weight is 290 g/mol. The van der Waals surface area contributed by atoms with Crippen LogP contribution in [-0.2, 0) is 13.0 Å². The van der Waals surface area contributed by atoms with Gasteiger partial charge in [0.2, 0.25) is 0 Å². The molecule has 4 heteroatoms. The number of nitrogens with zero attached hydrogens (tertiary/aromatic N) is 1. The van der Waals surface area contributed by atoms with Gasteiger partial charge in [0.15, 0.2) is 0 Å². The fourth-order valence-electron chi connectivity index (χ4n) is 1.89. The van der Waals surface area contributed by atoms with Crippen molar-refractivity contribution in [2.75, 3.05) is 0 Å². The van der Waals surface area contributed by atoms with Gasteiger partial charge in [-0.3, -0.25) is 0 Å². The first-order chi connectivity index (χ1) is 9.54. The maximum atomic E-state index is 5.77. The monoisotopic (exact) mass is 290 g/mol. The molecule has 108 valence electrons. The Morgan fingerprint density at radius 2 is 1.95 bits per heavy atom. The van der Waals surface area contributed by atoms with Gasteiger partial charge in [0.1, 0.15) is 17.4 Å². The Bertz CT molecular complexity index is 527. The van der Waals surface area contributed by atoms with Gasteiger partial charge in [0.05, 0.1) is 5.69 Å². The molecule has 1 unspecified atom stereocenters. The lowest BCUT2D eigenvalue weighted by molar-refractivity contribution is 0.305. The van der Waals surface area contributed by atoms with Crippen molar-refractivity contribution in [1.82, 2.24) is 4.98 Å². The molecule has 2 aromatic rings. The summed E-state index contributed by atoms with van der Waals surface area (Å²) in [6.07, 6.45) is 2.03. The number of hydrogen-bond acceptors (Lipinski definition) is 4. The molecule has 0 spiro atoms. The standard InChI is InChI=1S/C16H22N2OS/c1-11(17)4-5-14-6-8-15(9-7-14)19-10-16-18-12(2)13(3)20-16/h6-9,11H,4-5,10,17H2,1-3H3. The second-order valence-corrected chi connectivity index (χ2v) is 6.49. The van der Waals surface area contributed by atoms with Gasteiger partial charge < -0.3 is 10.5 Å². The lowest BCUT2D eigenvalue weighted by Gasteiger charge is -2.07. The van der Waals surface area contributed by atoms with Gasteiger partial charge in [-0.2, -0.15) is 0 Å². The van der Waals surface area contributed by atoms with Crippen molar-refractivity contribution >= 4 is 11.3 Å². The van der Waals surface area contributed by atoms with E-state index in [9.17, 15) is 0 Å². The predicted octanol–water partition coefficient (Wildman–Crippen LogP) is 3.62. The molecule has 20 heavy (non-hydrogen) atoms. The molecule has 2 N–H and O–H groups in total. The van der Waals surface area contributed by atoms with Crippen LogP contribution in [0.2, 0.25) is 0 Å². The van der Waals surface area contributed by atoms with Crippen molar-refractivity contribution in [1.29, 1.82) is 0 Å². The van der Waals surface area contributed by atoms with E-state index in [1.165, 1.54) is 10.4 Å². The summed E-state index contributed by atoms with van der Waals surface area (Å²) in [6.45, 7) is 6.69. The number of hydrogen-bond donors (Lipinski definition) is 1. The molecule has 0 aliphatic heterocycles. The van der Waals surface area contributed by atoms with Gasteiger partial charge in [-0.15, -0.1) is 11.3 Å². The highest BCUT2D eigenvalue weighted by molar-refractivity contribution is 7.11. The minimum absolute atomic E-state index is 0.252. The van der Waals surface area contributed by atoms with Crippen LogP contribution in [0.3, 0.4) is 0 Å². The summed E-state index contributed by atoms with van der Waals surface area (Å²) < 4.78 is 5.76. The van der Waals surface area contributed by atoms with Crippen molar-refractivity contribution in [2.24, 2.45) is 5.73 Å². The Kier molecular flexibility index (Phi) is 5.15. The number of ether oxygens (including phenoxy) is 1. The number of nitrogens with two attached hydrogens (primary N) is 1. The molecule has 1 heterocycles. The molecule has 0 fully saturated rings. The number of aryl methyl sites for hydroxylation is 3. The van der Waals surface area contributed by atoms with Crippen molar-refractivity contribution < 1.29 is 4.74 Å². The summed E-state index contributed by atoms with van der Waals surface area (Å²) in [6, 6.07) is 8.50. The van der Waals surface area contributed by atoms with E-state index in [2.05, 4.69) is 24.0 Å². The molecule has 0 saturated heterocycles. The third kappa shape index (κ3) is 4.32.